The van der Waals surface area contributed by atoms with Crippen LogP contribution in [0.5, 0.6) is 5.88 Å². The quantitative estimate of drug-likeness (QED) is 0.649. The molecule has 0 fully saturated rings. The van der Waals surface area contributed by atoms with Crippen molar-refractivity contribution < 1.29 is 9.66 Å². The number of para-hydroxylation sites is 1. The molecule has 2 aromatic rings. The van der Waals surface area contributed by atoms with Crippen LogP contribution in [0.15, 0.2) is 30.3 Å². The van der Waals surface area contributed by atoms with E-state index in [2.05, 4.69) is 15.3 Å². The fourth-order valence-corrected chi connectivity index (χ4v) is 1.88. The zero-order valence-electron chi connectivity index (χ0n) is 11.9. The Bertz CT molecular complexity index is 646. The van der Waals surface area contributed by atoms with Gasteiger partial charge in [0.25, 0.3) is 5.69 Å². The highest BCUT2D eigenvalue weighted by atomic mass is 16.6. The van der Waals surface area contributed by atoms with Crippen LogP contribution in [0.3, 0.4) is 0 Å². The van der Waals surface area contributed by atoms with Crippen molar-refractivity contribution in [1.82, 2.24) is 9.97 Å². The third-order valence-electron chi connectivity index (χ3n) is 2.75. The molecule has 21 heavy (non-hydrogen) atoms. The molecule has 1 N–H and O–H groups in total. The highest BCUT2D eigenvalue weighted by Crippen LogP contribution is 2.20. The van der Waals surface area contributed by atoms with Gasteiger partial charge in [-0.2, -0.15) is 4.98 Å². The number of nitro groups is 1. The molecule has 0 saturated carbocycles. The van der Waals surface area contributed by atoms with Gasteiger partial charge in [0, 0.05) is 24.2 Å². The molecule has 2 rings (SSSR count). The molecule has 1 heterocycles. The summed E-state index contributed by atoms with van der Waals surface area (Å²) in [6, 6.07) is 8.27. The third kappa shape index (κ3) is 3.88. The van der Waals surface area contributed by atoms with Crippen molar-refractivity contribution in [3.05, 3.63) is 51.8 Å². The number of nitro benzene ring substituents is 1. The van der Waals surface area contributed by atoms with Crippen LogP contribution in [0, 0.1) is 17.0 Å². The summed E-state index contributed by atoms with van der Waals surface area (Å²) < 4.78 is 5.34. The van der Waals surface area contributed by atoms with Crippen molar-refractivity contribution in [3.8, 4) is 5.88 Å². The number of nitrogens with one attached hydrogen (secondary N) is 1. The second-order valence-electron chi connectivity index (χ2n) is 4.31. The summed E-state index contributed by atoms with van der Waals surface area (Å²) >= 11 is 0. The molecule has 7 nitrogen and oxygen atoms in total. The maximum absolute atomic E-state index is 11.0. The number of rotatable bonds is 6. The summed E-state index contributed by atoms with van der Waals surface area (Å²) in [7, 11) is 0. The first-order valence-electron chi connectivity index (χ1n) is 6.54. The van der Waals surface area contributed by atoms with Crippen LogP contribution in [0.2, 0.25) is 0 Å². The molecule has 7 heteroatoms. The van der Waals surface area contributed by atoms with E-state index in [9.17, 15) is 10.1 Å². The number of benzene rings is 1. The minimum absolute atomic E-state index is 0.0841. The van der Waals surface area contributed by atoms with Crippen LogP contribution in [0.4, 0.5) is 11.5 Å². The monoisotopic (exact) mass is 288 g/mol. The van der Waals surface area contributed by atoms with E-state index in [-0.39, 0.29) is 5.69 Å². The van der Waals surface area contributed by atoms with Crippen LogP contribution < -0.4 is 10.1 Å². The van der Waals surface area contributed by atoms with Gasteiger partial charge in [-0.15, -0.1) is 0 Å². The van der Waals surface area contributed by atoms with Crippen LogP contribution in [0.1, 0.15) is 18.3 Å². The summed E-state index contributed by atoms with van der Waals surface area (Å²) in [5.74, 6) is 1.63. The molecule has 110 valence electrons. The summed E-state index contributed by atoms with van der Waals surface area (Å²) in [5.41, 5.74) is 0.678. The van der Waals surface area contributed by atoms with Crippen LogP contribution >= 0.6 is 0 Å². The first-order valence-corrected chi connectivity index (χ1v) is 6.54. The van der Waals surface area contributed by atoms with Gasteiger partial charge in [0.2, 0.25) is 5.88 Å². The number of aryl methyl sites for hydroxylation is 1. The lowest BCUT2D eigenvalue weighted by Crippen LogP contribution is -2.06. The number of aromatic nitrogens is 2. The predicted molar refractivity (Wildman–Crippen MR) is 78.4 cm³/mol. The van der Waals surface area contributed by atoms with Crippen molar-refractivity contribution in [3.63, 3.8) is 0 Å². The van der Waals surface area contributed by atoms with E-state index in [0.717, 1.165) is 0 Å². The second-order valence-corrected chi connectivity index (χ2v) is 4.31. The van der Waals surface area contributed by atoms with Gasteiger partial charge in [0.1, 0.15) is 11.6 Å². The predicted octanol–water partition coefficient (Wildman–Crippen LogP) is 2.70. The van der Waals surface area contributed by atoms with Gasteiger partial charge in [-0.1, -0.05) is 18.2 Å². The Kier molecular flexibility index (Phi) is 4.65. The standard InChI is InChI=1S/C14H16N4O3/c1-3-21-14-8-13(16-10(2)17-14)15-9-11-6-4-5-7-12(11)18(19)20/h4-8H,3,9H2,1-2H3,(H,15,16,17). The summed E-state index contributed by atoms with van der Waals surface area (Å²) in [5, 5.41) is 14.0. The van der Waals surface area contributed by atoms with Crippen molar-refractivity contribution in [2.75, 3.05) is 11.9 Å². The molecule has 0 amide bonds. The first kappa shape index (κ1) is 14.7. The van der Waals surface area contributed by atoms with Gasteiger partial charge >= 0.3 is 0 Å². The first-order chi connectivity index (χ1) is 10.1. The molecular formula is C14H16N4O3. The lowest BCUT2D eigenvalue weighted by atomic mass is 10.2. The van der Waals surface area contributed by atoms with Crippen LogP contribution in [-0.2, 0) is 6.54 Å². The molecule has 0 spiro atoms. The molecule has 0 aliphatic carbocycles. The van der Waals surface area contributed by atoms with E-state index in [1.54, 1.807) is 31.2 Å². The lowest BCUT2D eigenvalue weighted by molar-refractivity contribution is -0.385. The zero-order chi connectivity index (χ0) is 15.2. The van der Waals surface area contributed by atoms with Gasteiger partial charge < -0.3 is 10.1 Å². The Balaban J connectivity index is 2.15. The summed E-state index contributed by atoms with van der Waals surface area (Å²) in [4.78, 5) is 18.9. The fraction of sp³-hybridized carbons (Fsp3) is 0.286. The van der Waals surface area contributed by atoms with E-state index < -0.39 is 4.92 Å². The molecular weight excluding hydrogens is 272 g/mol. The highest BCUT2D eigenvalue weighted by molar-refractivity contribution is 5.44. The summed E-state index contributed by atoms with van der Waals surface area (Å²) in [6.45, 7) is 4.45. The third-order valence-corrected chi connectivity index (χ3v) is 2.75. The van der Waals surface area contributed by atoms with E-state index in [1.807, 2.05) is 6.92 Å². The van der Waals surface area contributed by atoms with Gasteiger partial charge in [-0.25, -0.2) is 4.98 Å². The van der Waals surface area contributed by atoms with Gasteiger partial charge in [-0.3, -0.25) is 10.1 Å². The van der Waals surface area contributed by atoms with Gasteiger partial charge in [0.05, 0.1) is 11.5 Å². The maximum Gasteiger partial charge on any atom is 0.274 e. The Morgan fingerprint density at radius 3 is 2.81 bits per heavy atom. The average molecular weight is 288 g/mol. The van der Waals surface area contributed by atoms with E-state index in [0.29, 0.717) is 36.2 Å². The lowest BCUT2D eigenvalue weighted by Gasteiger charge is -2.09. The zero-order valence-corrected chi connectivity index (χ0v) is 11.9. The normalized spacial score (nSPS) is 10.2. The second kappa shape index (κ2) is 6.65. The Hall–Kier alpha value is -2.70. The van der Waals surface area contributed by atoms with E-state index in [4.69, 9.17) is 4.74 Å². The average Bonchev–Trinajstić information content (AvgIpc) is 2.45. The Morgan fingerprint density at radius 2 is 2.10 bits per heavy atom. The van der Waals surface area contributed by atoms with Gasteiger partial charge in [0.15, 0.2) is 0 Å². The molecule has 1 aromatic carbocycles. The smallest absolute Gasteiger partial charge is 0.274 e. The highest BCUT2D eigenvalue weighted by Gasteiger charge is 2.12. The largest absolute Gasteiger partial charge is 0.478 e. The van der Waals surface area contributed by atoms with Gasteiger partial charge in [-0.05, 0) is 13.8 Å². The number of anilines is 1. The molecule has 0 bridgehead atoms. The molecule has 1 aromatic heterocycles. The van der Waals surface area contributed by atoms with Crippen molar-refractivity contribution in [1.29, 1.82) is 0 Å². The molecule has 0 atom stereocenters. The number of hydrogen-bond acceptors (Lipinski definition) is 6. The number of ether oxygens (including phenoxy) is 1. The molecule has 0 unspecified atom stereocenters. The SMILES string of the molecule is CCOc1cc(NCc2ccccc2[N+](=O)[O-])nc(C)n1. The minimum Gasteiger partial charge on any atom is -0.478 e. The fourth-order valence-electron chi connectivity index (χ4n) is 1.88. The Morgan fingerprint density at radius 1 is 1.33 bits per heavy atom. The van der Waals surface area contributed by atoms with Crippen molar-refractivity contribution in [2.24, 2.45) is 0 Å². The maximum atomic E-state index is 11.0. The van der Waals surface area contributed by atoms with Crippen molar-refractivity contribution in [2.45, 2.75) is 20.4 Å². The van der Waals surface area contributed by atoms with Crippen LogP contribution in [0.25, 0.3) is 0 Å². The van der Waals surface area contributed by atoms with E-state index in [1.165, 1.54) is 6.07 Å². The van der Waals surface area contributed by atoms with E-state index >= 15 is 0 Å². The molecule has 0 aliphatic heterocycles. The molecule has 0 aliphatic rings. The molecule has 0 saturated heterocycles. The Labute approximate surface area is 122 Å². The number of hydrogen-bond donors (Lipinski definition) is 1. The topological polar surface area (TPSA) is 90.2 Å². The van der Waals surface area contributed by atoms with Crippen LogP contribution in [-0.4, -0.2) is 21.5 Å². The minimum atomic E-state index is -0.395. The number of nitrogens with zero attached hydrogens (tertiary/aromatic N) is 3. The molecule has 0 radical (unpaired) electrons. The summed E-state index contributed by atoms with van der Waals surface area (Å²) in [6.07, 6.45) is 0. The van der Waals surface area contributed by atoms with Crippen molar-refractivity contribution >= 4 is 11.5 Å².